The molecular weight excluding hydrogens is 526 g/mol. The largest absolute Gasteiger partial charge is 0.469 e. The van der Waals surface area contributed by atoms with E-state index in [1.807, 2.05) is 65.0 Å². The summed E-state index contributed by atoms with van der Waals surface area (Å²) in [4.78, 5) is 51.2. The Labute approximate surface area is 241 Å². The molecule has 0 bridgehead atoms. The van der Waals surface area contributed by atoms with Crippen LogP contribution in [-0.4, -0.2) is 53.8 Å². The summed E-state index contributed by atoms with van der Waals surface area (Å²) in [5.41, 5.74) is 0.282. The summed E-state index contributed by atoms with van der Waals surface area (Å²) < 4.78 is 16.7. The molecule has 41 heavy (non-hydrogen) atoms. The van der Waals surface area contributed by atoms with Crippen LogP contribution < -0.4 is 15.4 Å². The second-order valence-electron chi connectivity index (χ2n) is 11.0. The number of rotatable bonds is 12. The zero-order valence-corrected chi connectivity index (χ0v) is 24.5. The fraction of sp³-hybridized carbons (Fsp3) is 0.484. The van der Waals surface area contributed by atoms with Crippen molar-refractivity contribution in [3.05, 3.63) is 65.7 Å². The van der Waals surface area contributed by atoms with Crippen LogP contribution in [0.25, 0.3) is 0 Å². The molecule has 0 spiro atoms. The second-order valence-corrected chi connectivity index (χ2v) is 11.0. The average Bonchev–Trinajstić information content (AvgIpc) is 2.93. The standard InChI is InChI=1S/C31H41N3O7/c1-6-31(7-2)26(36)34(27(31)40-24-16-14-22(15-17-24)20-25(35)41-30(3,4)5)28(37)32-18-11-19-33-29(38)39-21-23-12-9-8-10-13-23/h8-10,12-17,27H,6-7,11,18-21H2,1-5H3,(H,32,37)(H,33,38). The number of ether oxygens (including phenoxy) is 3. The molecule has 1 fully saturated rings. The Morgan fingerprint density at radius 2 is 1.54 bits per heavy atom. The second kappa shape index (κ2) is 14.0. The first kappa shape index (κ1) is 31.4. The van der Waals surface area contributed by atoms with E-state index < -0.39 is 29.4 Å². The highest BCUT2D eigenvalue weighted by Crippen LogP contribution is 2.46. The molecule has 2 N–H and O–H groups in total. The number of likely N-dealkylation sites (tertiary alicyclic amines) is 1. The number of hydrogen-bond donors (Lipinski definition) is 2. The smallest absolute Gasteiger partial charge is 0.407 e. The lowest BCUT2D eigenvalue weighted by Gasteiger charge is -2.53. The van der Waals surface area contributed by atoms with E-state index in [1.54, 1.807) is 24.3 Å². The van der Waals surface area contributed by atoms with Crippen molar-refractivity contribution in [1.82, 2.24) is 15.5 Å². The highest BCUT2D eigenvalue weighted by atomic mass is 16.6. The van der Waals surface area contributed by atoms with E-state index in [0.717, 1.165) is 16.0 Å². The van der Waals surface area contributed by atoms with E-state index in [1.165, 1.54) is 0 Å². The van der Waals surface area contributed by atoms with Gasteiger partial charge in [-0.25, -0.2) is 14.5 Å². The minimum atomic E-state index is -0.809. The van der Waals surface area contributed by atoms with Gasteiger partial charge >= 0.3 is 18.1 Å². The van der Waals surface area contributed by atoms with Crippen LogP contribution in [0.3, 0.4) is 0 Å². The Kier molecular flexibility index (Phi) is 10.7. The Hall–Kier alpha value is -4.08. The van der Waals surface area contributed by atoms with Gasteiger partial charge in [-0.05, 0) is 63.3 Å². The summed E-state index contributed by atoms with van der Waals surface area (Å²) in [6.07, 6.45) is 0.296. The minimum Gasteiger partial charge on any atom is -0.469 e. The summed E-state index contributed by atoms with van der Waals surface area (Å²) in [5.74, 6) is -0.124. The number of alkyl carbamates (subject to hydrolysis) is 1. The number of esters is 1. The van der Waals surface area contributed by atoms with Gasteiger partial charge in [0, 0.05) is 13.1 Å². The lowest BCUT2D eigenvalue weighted by molar-refractivity contribution is -0.190. The molecule has 2 aromatic carbocycles. The number of carbonyl (C=O) groups is 4. The summed E-state index contributed by atoms with van der Waals surface area (Å²) >= 11 is 0. The van der Waals surface area contributed by atoms with Crippen LogP contribution in [0.15, 0.2) is 54.6 Å². The zero-order chi connectivity index (χ0) is 30.0. The normalized spacial score (nSPS) is 15.9. The zero-order valence-electron chi connectivity index (χ0n) is 24.5. The van der Waals surface area contributed by atoms with Crippen molar-refractivity contribution in [1.29, 1.82) is 0 Å². The van der Waals surface area contributed by atoms with Crippen LogP contribution in [0.5, 0.6) is 5.75 Å². The van der Waals surface area contributed by atoms with Crippen molar-refractivity contribution in [2.45, 2.75) is 78.7 Å². The van der Waals surface area contributed by atoms with Crippen LogP contribution in [0, 0.1) is 5.41 Å². The molecule has 2 aromatic rings. The highest BCUT2D eigenvalue weighted by Gasteiger charge is 2.62. The van der Waals surface area contributed by atoms with E-state index in [0.29, 0.717) is 31.6 Å². The van der Waals surface area contributed by atoms with E-state index >= 15 is 0 Å². The molecule has 0 aliphatic carbocycles. The third kappa shape index (κ3) is 8.45. The van der Waals surface area contributed by atoms with E-state index in [2.05, 4.69) is 10.6 Å². The Morgan fingerprint density at radius 1 is 0.902 bits per heavy atom. The molecule has 10 nitrogen and oxygen atoms in total. The molecule has 222 valence electrons. The van der Waals surface area contributed by atoms with E-state index in [-0.39, 0.29) is 31.4 Å². The SMILES string of the molecule is CCC1(CC)C(=O)N(C(=O)NCCCNC(=O)OCc2ccccc2)C1Oc1ccc(CC(=O)OC(C)(C)C)cc1. The first-order chi connectivity index (χ1) is 19.5. The first-order valence-electron chi connectivity index (χ1n) is 14.0. The van der Waals surface area contributed by atoms with Crippen LogP contribution in [0.2, 0.25) is 0 Å². The Balaban J connectivity index is 1.49. The van der Waals surface area contributed by atoms with Crippen molar-refractivity contribution in [3.8, 4) is 5.75 Å². The van der Waals surface area contributed by atoms with Gasteiger partial charge in [0.05, 0.1) is 6.42 Å². The van der Waals surface area contributed by atoms with Crippen LogP contribution >= 0.6 is 0 Å². The number of urea groups is 1. The van der Waals surface area contributed by atoms with Crippen LogP contribution in [-0.2, 0) is 32.1 Å². The molecule has 1 unspecified atom stereocenters. The van der Waals surface area contributed by atoms with Crippen LogP contribution in [0.1, 0.15) is 65.0 Å². The maximum absolute atomic E-state index is 13.1. The van der Waals surface area contributed by atoms with Gasteiger partial charge in [-0.2, -0.15) is 0 Å². The van der Waals surface area contributed by atoms with E-state index in [9.17, 15) is 19.2 Å². The number of imide groups is 1. The van der Waals surface area contributed by atoms with Crippen molar-refractivity contribution in [2.24, 2.45) is 5.41 Å². The quantitative estimate of drug-likeness (QED) is 0.211. The number of amides is 4. The number of β-lactam (4-membered cyclic amide) rings is 1. The average molecular weight is 568 g/mol. The van der Waals surface area contributed by atoms with Crippen molar-refractivity contribution < 1.29 is 33.4 Å². The third-order valence-electron chi connectivity index (χ3n) is 6.88. The fourth-order valence-electron chi connectivity index (χ4n) is 4.59. The molecule has 0 radical (unpaired) electrons. The summed E-state index contributed by atoms with van der Waals surface area (Å²) in [5, 5.41) is 5.39. The molecule has 4 amide bonds. The third-order valence-corrected chi connectivity index (χ3v) is 6.88. The fourth-order valence-corrected chi connectivity index (χ4v) is 4.59. The van der Waals surface area contributed by atoms with Gasteiger partial charge in [0.1, 0.15) is 23.4 Å². The molecule has 10 heteroatoms. The van der Waals surface area contributed by atoms with E-state index in [4.69, 9.17) is 14.2 Å². The monoisotopic (exact) mass is 567 g/mol. The number of nitrogens with one attached hydrogen (secondary N) is 2. The molecule has 1 saturated heterocycles. The molecule has 1 aliphatic heterocycles. The van der Waals surface area contributed by atoms with Gasteiger partial charge in [-0.3, -0.25) is 9.59 Å². The number of carbonyl (C=O) groups excluding carboxylic acids is 4. The molecule has 0 aromatic heterocycles. The lowest BCUT2D eigenvalue weighted by Crippen LogP contribution is -2.73. The maximum atomic E-state index is 13.1. The van der Waals surface area contributed by atoms with Crippen molar-refractivity contribution in [3.63, 3.8) is 0 Å². The predicted octanol–water partition coefficient (Wildman–Crippen LogP) is 4.95. The molecule has 1 aliphatic rings. The molecule has 1 atom stereocenters. The van der Waals surface area contributed by atoms with Gasteiger partial charge in [0.15, 0.2) is 6.23 Å². The summed E-state index contributed by atoms with van der Waals surface area (Å²) in [7, 11) is 0. The maximum Gasteiger partial charge on any atom is 0.407 e. The first-order valence-corrected chi connectivity index (χ1v) is 14.0. The van der Waals surface area contributed by atoms with Crippen molar-refractivity contribution in [2.75, 3.05) is 13.1 Å². The predicted molar refractivity (Wildman–Crippen MR) is 153 cm³/mol. The van der Waals surface area contributed by atoms with Gasteiger partial charge in [0.25, 0.3) is 0 Å². The Bertz CT molecular complexity index is 1190. The molecule has 1 heterocycles. The molecular formula is C31H41N3O7. The minimum absolute atomic E-state index is 0.126. The number of benzene rings is 2. The van der Waals surface area contributed by atoms with Crippen molar-refractivity contribution >= 4 is 24.0 Å². The summed E-state index contributed by atoms with van der Waals surface area (Å²) in [6.45, 7) is 9.98. The van der Waals surface area contributed by atoms with Gasteiger partial charge in [-0.1, -0.05) is 56.3 Å². The topological polar surface area (TPSA) is 123 Å². The number of hydrogen-bond acceptors (Lipinski definition) is 7. The van der Waals surface area contributed by atoms with Gasteiger partial charge in [0.2, 0.25) is 5.91 Å². The Morgan fingerprint density at radius 3 is 2.15 bits per heavy atom. The van der Waals surface area contributed by atoms with Gasteiger partial charge < -0.3 is 24.8 Å². The molecule has 0 saturated carbocycles. The number of nitrogens with zero attached hydrogens (tertiary/aromatic N) is 1. The highest BCUT2D eigenvalue weighted by molar-refractivity contribution is 6.03. The van der Waals surface area contributed by atoms with Crippen LogP contribution in [0.4, 0.5) is 9.59 Å². The summed E-state index contributed by atoms with van der Waals surface area (Å²) in [6, 6.07) is 15.8. The van der Waals surface area contributed by atoms with Gasteiger partial charge in [-0.15, -0.1) is 0 Å². The lowest BCUT2D eigenvalue weighted by atomic mass is 9.72. The molecule has 3 rings (SSSR count).